The molecule has 0 unspecified atom stereocenters. The van der Waals surface area contributed by atoms with Crippen LogP contribution in [0.25, 0.3) is 0 Å². The van der Waals surface area contributed by atoms with Gasteiger partial charge in [-0.25, -0.2) is 13.1 Å². The van der Waals surface area contributed by atoms with Crippen molar-refractivity contribution in [2.75, 3.05) is 6.54 Å². The normalized spacial score (nSPS) is 11.4. The molecule has 2 N–H and O–H groups in total. The van der Waals surface area contributed by atoms with E-state index >= 15 is 0 Å². The van der Waals surface area contributed by atoms with E-state index in [2.05, 4.69) is 11.6 Å². The Bertz CT molecular complexity index is 688. The van der Waals surface area contributed by atoms with Gasteiger partial charge in [-0.3, -0.25) is 9.59 Å². The summed E-state index contributed by atoms with van der Waals surface area (Å²) in [6.07, 6.45) is 3.25. The van der Waals surface area contributed by atoms with Gasteiger partial charge in [0.05, 0.1) is 11.4 Å². The fourth-order valence-electron chi connectivity index (χ4n) is 2.08. The Hall–Kier alpha value is -1.44. The summed E-state index contributed by atoms with van der Waals surface area (Å²) in [5.74, 6) is -1.52. The van der Waals surface area contributed by atoms with Crippen molar-refractivity contribution in [2.45, 2.75) is 50.3 Å². The topological polar surface area (TPSA) is 101 Å². The zero-order valence-corrected chi connectivity index (χ0v) is 15.1. The third-order valence-corrected chi connectivity index (χ3v) is 5.37. The second-order valence-electron chi connectivity index (χ2n) is 5.42. The molecule has 1 rings (SSSR count). The number of carbonyl (C=O) groups excluding carboxylic acids is 1. The molecular weight excluding hydrogens is 354 g/mol. The molecule has 0 aliphatic carbocycles. The summed E-state index contributed by atoms with van der Waals surface area (Å²) in [7, 11) is -3.82. The van der Waals surface area contributed by atoms with Crippen LogP contribution in [0.4, 0.5) is 0 Å². The molecule has 1 aromatic rings. The first-order valence-electron chi connectivity index (χ1n) is 7.82. The fourth-order valence-corrected chi connectivity index (χ4v) is 3.68. The van der Waals surface area contributed by atoms with E-state index < -0.39 is 21.8 Å². The summed E-state index contributed by atoms with van der Waals surface area (Å²) in [5, 5.41) is 8.64. The Labute approximate surface area is 147 Å². The highest BCUT2D eigenvalue weighted by atomic mass is 35.5. The van der Waals surface area contributed by atoms with Crippen molar-refractivity contribution in [1.82, 2.24) is 4.72 Å². The van der Waals surface area contributed by atoms with E-state index in [0.717, 1.165) is 25.7 Å². The van der Waals surface area contributed by atoms with Crippen LogP contribution in [-0.2, 0) is 14.8 Å². The summed E-state index contributed by atoms with van der Waals surface area (Å²) >= 11 is 5.95. The molecule has 8 heteroatoms. The summed E-state index contributed by atoms with van der Waals surface area (Å²) in [4.78, 5) is 22.3. The zero-order chi connectivity index (χ0) is 18.2. The molecule has 1 aromatic carbocycles. The molecule has 0 bridgehead atoms. The Morgan fingerprint density at radius 3 is 2.50 bits per heavy atom. The highest BCUT2D eigenvalue weighted by Gasteiger charge is 2.20. The first kappa shape index (κ1) is 20.6. The molecule has 0 fully saturated rings. The van der Waals surface area contributed by atoms with Crippen LogP contribution in [0.15, 0.2) is 23.1 Å². The second-order valence-corrected chi connectivity index (χ2v) is 7.56. The minimum atomic E-state index is -3.82. The van der Waals surface area contributed by atoms with Gasteiger partial charge < -0.3 is 5.11 Å². The molecule has 0 heterocycles. The molecule has 134 valence electrons. The first-order chi connectivity index (χ1) is 11.3. The Kier molecular flexibility index (Phi) is 8.38. The van der Waals surface area contributed by atoms with Crippen molar-refractivity contribution in [3.05, 3.63) is 28.8 Å². The van der Waals surface area contributed by atoms with Gasteiger partial charge in [0.25, 0.3) is 0 Å². The van der Waals surface area contributed by atoms with E-state index in [0.29, 0.717) is 6.54 Å². The molecule has 0 radical (unpaired) electrons. The maximum absolute atomic E-state index is 12.3. The molecule has 0 aromatic heterocycles. The molecule has 0 saturated carbocycles. The smallest absolute Gasteiger partial charge is 0.303 e. The van der Waals surface area contributed by atoms with Gasteiger partial charge in [-0.05, 0) is 24.6 Å². The predicted molar refractivity (Wildman–Crippen MR) is 92.0 cm³/mol. The molecule has 0 spiro atoms. The number of halogens is 1. The van der Waals surface area contributed by atoms with E-state index in [1.54, 1.807) is 0 Å². The van der Waals surface area contributed by atoms with E-state index in [9.17, 15) is 18.0 Å². The van der Waals surface area contributed by atoms with Gasteiger partial charge >= 0.3 is 5.97 Å². The lowest BCUT2D eigenvalue weighted by atomic mass is 10.1. The highest BCUT2D eigenvalue weighted by Crippen LogP contribution is 2.23. The molecule has 6 nitrogen and oxygen atoms in total. The average Bonchev–Trinajstić information content (AvgIpc) is 2.52. The molecular formula is C16H22ClNO5S. The third-order valence-electron chi connectivity index (χ3n) is 3.43. The van der Waals surface area contributed by atoms with Crippen LogP contribution in [0.1, 0.15) is 55.8 Å². The fraction of sp³-hybridized carbons (Fsp3) is 0.500. The molecule has 0 amide bonds. The maximum Gasteiger partial charge on any atom is 0.303 e. The number of carboxylic acids is 1. The number of benzene rings is 1. The second kappa shape index (κ2) is 9.76. The first-order valence-corrected chi connectivity index (χ1v) is 9.68. The third kappa shape index (κ3) is 6.59. The van der Waals surface area contributed by atoms with Crippen LogP contribution in [0.2, 0.25) is 5.02 Å². The zero-order valence-electron chi connectivity index (χ0n) is 13.5. The molecule has 24 heavy (non-hydrogen) atoms. The van der Waals surface area contributed by atoms with Crippen LogP contribution in [0, 0.1) is 0 Å². The SMILES string of the molecule is CCCCCCNS(=O)(=O)c1cc(C(=O)CCC(=O)O)ccc1Cl. The van der Waals surface area contributed by atoms with Gasteiger partial charge in [0.15, 0.2) is 5.78 Å². The number of carboxylic acid groups (broad SMARTS) is 1. The molecule has 0 aliphatic rings. The van der Waals surface area contributed by atoms with Crippen LogP contribution < -0.4 is 4.72 Å². The minimum Gasteiger partial charge on any atom is -0.481 e. The summed E-state index contributed by atoms with van der Waals surface area (Å²) in [6, 6.07) is 3.93. The van der Waals surface area contributed by atoms with Crippen molar-refractivity contribution < 1.29 is 23.1 Å². The van der Waals surface area contributed by atoms with E-state index in [1.165, 1.54) is 18.2 Å². The highest BCUT2D eigenvalue weighted by molar-refractivity contribution is 7.89. The number of unbranched alkanes of at least 4 members (excludes halogenated alkanes) is 3. The van der Waals surface area contributed by atoms with E-state index in [1.807, 2.05) is 0 Å². The van der Waals surface area contributed by atoms with Crippen LogP contribution in [-0.4, -0.2) is 31.8 Å². The Morgan fingerprint density at radius 2 is 1.88 bits per heavy atom. The van der Waals surface area contributed by atoms with Gasteiger partial charge in [-0.2, -0.15) is 0 Å². The lowest BCUT2D eigenvalue weighted by molar-refractivity contribution is -0.136. The maximum atomic E-state index is 12.3. The Morgan fingerprint density at radius 1 is 1.17 bits per heavy atom. The monoisotopic (exact) mass is 375 g/mol. The largest absolute Gasteiger partial charge is 0.481 e. The number of rotatable bonds is 11. The van der Waals surface area contributed by atoms with Crippen molar-refractivity contribution in [3.63, 3.8) is 0 Å². The summed E-state index contributed by atoms with van der Waals surface area (Å²) in [5.41, 5.74) is 0.131. The number of hydrogen-bond donors (Lipinski definition) is 2. The van der Waals surface area contributed by atoms with Crippen molar-refractivity contribution in [2.24, 2.45) is 0 Å². The number of carbonyl (C=O) groups is 2. The molecule has 0 saturated heterocycles. The van der Waals surface area contributed by atoms with Gasteiger partial charge in [0, 0.05) is 18.5 Å². The molecule has 0 atom stereocenters. The van der Waals surface area contributed by atoms with Crippen molar-refractivity contribution in [3.8, 4) is 0 Å². The lowest BCUT2D eigenvalue weighted by Gasteiger charge is -2.10. The number of ketones is 1. The lowest BCUT2D eigenvalue weighted by Crippen LogP contribution is -2.25. The van der Waals surface area contributed by atoms with Crippen LogP contribution >= 0.6 is 11.6 Å². The quantitative estimate of drug-likeness (QED) is 0.456. The van der Waals surface area contributed by atoms with Crippen molar-refractivity contribution >= 4 is 33.4 Å². The molecule has 0 aliphatic heterocycles. The average molecular weight is 376 g/mol. The van der Waals surface area contributed by atoms with Crippen LogP contribution in [0.3, 0.4) is 0 Å². The minimum absolute atomic E-state index is 0.0193. The Balaban J connectivity index is 2.84. The van der Waals surface area contributed by atoms with Crippen LogP contribution in [0.5, 0.6) is 0 Å². The van der Waals surface area contributed by atoms with Gasteiger partial charge in [-0.15, -0.1) is 0 Å². The van der Waals surface area contributed by atoms with Gasteiger partial charge in [-0.1, -0.05) is 37.8 Å². The van der Waals surface area contributed by atoms with Gasteiger partial charge in [0.1, 0.15) is 4.90 Å². The van der Waals surface area contributed by atoms with Gasteiger partial charge in [0.2, 0.25) is 10.0 Å². The predicted octanol–water partition coefficient (Wildman–Crippen LogP) is 3.25. The number of hydrogen-bond acceptors (Lipinski definition) is 4. The van der Waals surface area contributed by atoms with E-state index in [-0.39, 0.29) is 28.3 Å². The summed E-state index contributed by atoms with van der Waals surface area (Å²) in [6.45, 7) is 2.37. The number of nitrogens with one attached hydrogen (secondary N) is 1. The number of sulfonamides is 1. The van der Waals surface area contributed by atoms with Crippen molar-refractivity contribution in [1.29, 1.82) is 0 Å². The number of aliphatic carboxylic acids is 1. The standard InChI is InChI=1S/C16H22ClNO5S/c1-2-3-4-5-10-18-24(22,23)15-11-12(6-7-13(15)17)14(19)8-9-16(20)21/h6-7,11,18H,2-5,8-10H2,1H3,(H,20,21). The van der Waals surface area contributed by atoms with E-state index in [4.69, 9.17) is 16.7 Å². The number of Topliss-reactive ketones (excluding diaryl/α,β-unsaturated/α-hetero) is 1. The summed E-state index contributed by atoms with van der Waals surface area (Å²) < 4.78 is 27.1.